The molecule has 2 aromatic carbocycles. The van der Waals surface area contributed by atoms with E-state index in [4.69, 9.17) is 16.3 Å². The minimum absolute atomic E-state index is 0.0126. The van der Waals surface area contributed by atoms with Crippen molar-refractivity contribution in [2.24, 2.45) is 0 Å². The quantitative estimate of drug-likeness (QED) is 0.401. The molecule has 2 aromatic rings. The van der Waals surface area contributed by atoms with E-state index in [0.29, 0.717) is 18.2 Å². The number of nitro benzene ring substituents is 1. The Balaban J connectivity index is 1.41. The highest BCUT2D eigenvalue weighted by Crippen LogP contribution is 2.23. The lowest BCUT2D eigenvalue weighted by Crippen LogP contribution is -2.39. The van der Waals surface area contributed by atoms with Crippen molar-refractivity contribution in [1.82, 2.24) is 10.2 Å². The Kier molecular flexibility index (Phi) is 7.57. The monoisotopic (exact) mass is 417 g/mol. The van der Waals surface area contributed by atoms with Crippen molar-refractivity contribution in [2.45, 2.75) is 18.9 Å². The predicted molar refractivity (Wildman–Crippen MR) is 111 cm³/mol. The summed E-state index contributed by atoms with van der Waals surface area (Å²) in [5, 5.41) is 14.1. The highest BCUT2D eigenvalue weighted by atomic mass is 35.5. The van der Waals surface area contributed by atoms with Gasteiger partial charge in [0.05, 0.1) is 17.6 Å². The standard InChI is InChI=1S/C21H24ClN3O4/c22-17-8-9-19(25(27)28)18(14-17)21(26)23-10-4-5-11-24-12-13-29-20(15-24)16-6-2-1-3-7-16/h1-3,6-9,14,20H,4-5,10-13,15H2,(H,23,26). The van der Waals surface area contributed by atoms with E-state index in [1.165, 1.54) is 23.8 Å². The van der Waals surface area contributed by atoms with Gasteiger partial charge in [0.2, 0.25) is 0 Å². The van der Waals surface area contributed by atoms with E-state index >= 15 is 0 Å². The number of carbonyl (C=O) groups is 1. The van der Waals surface area contributed by atoms with E-state index in [0.717, 1.165) is 32.5 Å². The lowest BCUT2D eigenvalue weighted by molar-refractivity contribution is -0.385. The summed E-state index contributed by atoms with van der Waals surface area (Å²) in [4.78, 5) is 25.2. The fraction of sp³-hybridized carbons (Fsp3) is 0.381. The van der Waals surface area contributed by atoms with Gasteiger partial charge in [0.15, 0.2) is 0 Å². The molecule has 29 heavy (non-hydrogen) atoms. The zero-order valence-electron chi connectivity index (χ0n) is 16.1. The molecule has 1 aliphatic rings. The molecule has 1 saturated heterocycles. The van der Waals surface area contributed by atoms with Gasteiger partial charge in [-0.1, -0.05) is 41.9 Å². The lowest BCUT2D eigenvalue weighted by atomic mass is 10.1. The van der Waals surface area contributed by atoms with Crippen molar-refractivity contribution in [2.75, 3.05) is 32.8 Å². The molecule has 0 spiro atoms. The topological polar surface area (TPSA) is 84.7 Å². The minimum atomic E-state index is -0.577. The molecule has 1 unspecified atom stereocenters. The largest absolute Gasteiger partial charge is 0.371 e. The predicted octanol–water partition coefficient (Wildman–Crippen LogP) is 3.83. The van der Waals surface area contributed by atoms with E-state index in [1.807, 2.05) is 18.2 Å². The molecule has 3 rings (SSSR count). The van der Waals surface area contributed by atoms with Crippen LogP contribution in [-0.4, -0.2) is 48.5 Å². The van der Waals surface area contributed by atoms with Crippen molar-refractivity contribution in [3.63, 3.8) is 0 Å². The van der Waals surface area contributed by atoms with Crippen LogP contribution in [0.4, 0.5) is 5.69 Å². The third kappa shape index (κ3) is 6.00. The van der Waals surface area contributed by atoms with Crippen LogP contribution in [0.2, 0.25) is 5.02 Å². The fourth-order valence-corrected chi connectivity index (χ4v) is 3.55. The van der Waals surface area contributed by atoms with Crippen molar-refractivity contribution in [3.8, 4) is 0 Å². The molecule has 0 radical (unpaired) electrons. The van der Waals surface area contributed by atoms with Gasteiger partial charge in [-0.15, -0.1) is 0 Å². The molecule has 1 fully saturated rings. The molecule has 1 N–H and O–H groups in total. The van der Waals surface area contributed by atoms with Gasteiger partial charge in [0, 0.05) is 30.7 Å². The molecule has 0 aliphatic carbocycles. The summed E-state index contributed by atoms with van der Waals surface area (Å²) in [6.45, 7) is 3.82. The molecule has 1 amide bonds. The second-order valence-corrected chi connectivity index (χ2v) is 7.39. The lowest BCUT2D eigenvalue weighted by Gasteiger charge is -2.33. The number of unbranched alkanes of at least 4 members (excludes halogenated alkanes) is 1. The van der Waals surface area contributed by atoms with Gasteiger partial charge in [0.25, 0.3) is 11.6 Å². The molecule has 154 valence electrons. The Hall–Kier alpha value is -2.48. The number of nitrogens with zero attached hydrogens (tertiary/aromatic N) is 2. The molecule has 1 heterocycles. The number of amides is 1. The summed E-state index contributed by atoms with van der Waals surface area (Å²) in [6, 6.07) is 14.2. The molecule has 8 heteroatoms. The van der Waals surface area contributed by atoms with Crippen LogP contribution in [0.5, 0.6) is 0 Å². The molecular formula is C21H24ClN3O4. The van der Waals surface area contributed by atoms with Crippen molar-refractivity contribution in [3.05, 3.63) is 74.8 Å². The third-order valence-corrected chi connectivity index (χ3v) is 5.14. The van der Waals surface area contributed by atoms with Crippen molar-refractivity contribution >= 4 is 23.2 Å². The summed E-state index contributed by atoms with van der Waals surface area (Å²) in [5.41, 5.74) is 0.932. The first-order valence-electron chi connectivity index (χ1n) is 9.65. The van der Waals surface area contributed by atoms with Gasteiger partial charge < -0.3 is 10.1 Å². The van der Waals surface area contributed by atoms with Gasteiger partial charge in [-0.25, -0.2) is 0 Å². The highest BCUT2D eigenvalue weighted by Gasteiger charge is 2.22. The second-order valence-electron chi connectivity index (χ2n) is 6.95. The van der Waals surface area contributed by atoms with Gasteiger partial charge in [-0.05, 0) is 37.1 Å². The maximum Gasteiger partial charge on any atom is 0.282 e. The van der Waals surface area contributed by atoms with Gasteiger partial charge in [-0.3, -0.25) is 19.8 Å². The third-order valence-electron chi connectivity index (χ3n) is 4.91. The number of halogens is 1. The maximum atomic E-state index is 12.3. The number of nitrogens with one attached hydrogen (secondary N) is 1. The molecule has 0 bridgehead atoms. The van der Waals surface area contributed by atoms with Gasteiger partial charge in [0.1, 0.15) is 5.56 Å². The Bertz CT molecular complexity index is 847. The van der Waals surface area contributed by atoms with Crippen LogP contribution in [0.15, 0.2) is 48.5 Å². The van der Waals surface area contributed by atoms with Gasteiger partial charge in [-0.2, -0.15) is 0 Å². The number of hydrogen-bond donors (Lipinski definition) is 1. The van der Waals surface area contributed by atoms with Crippen LogP contribution in [0, 0.1) is 10.1 Å². The number of hydrogen-bond acceptors (Lipinski definition) is 5. The first-order valence-corrected chi connectivity index (χ1v) is 10.0. The molecular weight excluding hydrogens is 394 g/mol. The number of morpholine rings is 1. The summed E-state index contributed by atoms with van der Waals surface area (Å²) >= 11 is 5.87. The SMILES string of the molecule is O=C(NCCCCN1CCOC(c2ccccc2)C1)c1cc(Cl)ccc1[N+](=O)[O-]. The number of carbonyl (C=O) groups excluding carboxylic acids is 1. The van der Waals surface area contributed by atoms with Crippen LogP contribution in [0.25, 0.3) is 0 Å². The van der Waals surface area contributed by atoms with E-state index in [9.17, 15) is 14.9 Å². The van der Waals surface area contributed by atoms with Crippen LogP contribution in [0.3, 0.4) is 0 Å². The Morgan fingerprint density at radius 1 is 1.24 bits per heavy atom. The van der Waals surface area contributed by atoms with Gasteiger partial charge >= 0.3 is 0 Å². The van der Waals surface area contributed by atoms with E-state index in [1.54, 1.807) is 0 Å². The fourth-order valence-electron chi connectivity index (χ4n) is 3.38. The minimum Gasteiger partial charge on any atom is -0.371 e. The zero-order valence-corrected chi connectivity index (χ0v) is 16.8. The summed E-state index contributed by atoms with van der Waals surface area (Å²) in [6.07, 6.45) is 1.79. The zero-order chi connectivity index (χ0) is 20.6. The summed E-state index contributed by atoms with van der Waals surface area (Å²) < 4.78 is 5.88. The number of rotatable bonds is 8. The van der Waals surface area contributed by atoms with Crippen LogP contribution < -0.4 is 5.32 Å². The number of ether oxygens (including phenoxy) is 1. The number of benzene rings is 2. The smallest absolute Gasteiger partial charge is 0.282 e. The van der Waals surface area contributed by atoms with Crippen molar-refractivity contribution < 1.29 is 14.5 Å². The van der Waals surface area contributed by atoms with Crippen LogP contribution >= 0.6 is 11.6 Å². The average molecular weight is 418 g/mol. The second kappa shape index (κ2) is 10.3. The summed E-state index contributed by atoms with van der Waals surface area (Å²) in [5.74, 6) is -0.477. The normalized spacial score (nSPS) is 17.1. The molecule has 0 saturated carbocycles. The first-order chi connectivity index (χ1) is 14.0. The van der Waals surface area contributed by atoms with Crippen LogP contribution in [0.1, 0.15) is 34.9 Å². The van der Waals surface area contributed by atoms with E-state index in [-0.39, 0.29) is 17.4 Å². The Labute approximate surface area is 174 Å². The first kappa shape index (κ1) is 21.2. The van der Waals surface area contributed by atoms with E-state index < -0.39 is 10.8 Å². The molecule has 1 atom stereocenters. The average Bonchev–Trinajstić information content (AvgIpc) is 2.74. The number of nitro groups is 1. The maximum absolute atomic E-state index is 12.3. The molecule has 1 aliphatic heterocycles. The summed E-state index contributed by atoms with van der Waals surface area (Å²) in [7, 11) is 0. The molecule has 0 aromatic heterocycles. The van der Waals surface area contributed by atoms with Crippen molar-refractivity contribution in [1.29, 1.82) is 0 Å². The Morgan fingerprint density at radius 2 is 2.03 bits per heavy atom. The van der Waals surface area contributed by atoms with Crippen LogP contribution in [-0.2, 0) is 4.74 Å². The van der Waals surface area contributed by atoms with E-state index in [2.05, 4.69) is 22.3 Å². The Morgan fingerprint density at radius 3 is 2.79 bits per heavy atom. The molecule has 7 nitrogen and oxygen atoms in total. The highest BCUT2D eigenvalue weighted by molar-refractivity contribution is 6.31.